The molecule has 0 aliphatic heterocycles. The molecule has 140 valence electrons. The van der Waals surface area contributed by atoms with Crippen molar-refractivity contribution in [3.8, 4) is 0 Å². The number of amides is 1. The largest absolute Gasteiger partial charge is 0.407 e. The van der Waals surface area contributed by atoms with Crippen LogP contribution in [-0.2, 0) is 16.3 Å². The highest BCUT2D eigenvalue weighted by atomic mass is 32.2. The molecule has 0 spiro atoms. The molecule has 1 aromatic heterocycles. The number of nitrogens with one attached hydrogen (secondary N) is 1. The van der Waals surface area contributed by atoms with E-state index in [9.17, 15) is 13.2 Å². The lowest BCUT2D eigenvalue weighted by Gasteiger charge is -2.06. The molecule has 3 aromatic rings. The maximum Gasteiger partial charge on any atom is 0.322 e. The zero-order valence-corrected chi connectivity index (χ0v) is 16.3. The summed E-state index contributed by atoms with van der Waals surface area (Å²) in [7, 11) is -3.54. The summed E-state index contributed by atoms with van der Waals surface area (Å²) in [6.07, 6.45) is 3.48. The summed E-state index contributed by atoms with van der Waals surface area (Å²) in [5, 5.41) is 10.2. The third kappa shape index (κ3) is 4.75. The van der Waals surface area contributed by atoms with Gasteiger partial charge in [0.2, 0.25) is 5.89 Å². The van der Waals surface area contributed by atoms with Crippen molar-refractivity contribution in [3.63, 3.8) is 0 Å². The Morgan fingerprint density at radius 1 is 1.11 bits per heavy atom. The van der Waals surface area contributed by atoms with Gasteiger partial charge in [-0.2, -0.15) is 0 Å². The van der Waals surface area contributed by atoms with E-state index in [4.69, 9.17) is 4.42 Å². The maximum absolute atomic E-state index is 12.4. The fourth-order valence-corrected chi connectivity index (χ4v) is 3.73. The Hall–Kier alpha value is -2.65. The number of hydrogen-bond donors (Lipinski definition) is 1. The van der Waals surface area contributed by atoms with Gasteiger partial charge in [0.25, 0.3) is 5.91 Å². The Kier molecular flexibility index (Phi) is 5.62. The first kappa shape index (κ1) is 19.1. The van der Waals surface area contributed by atoms with E-state index in [1.807, 2.05) is 30.5 Å². The molecular formula is C18H17N3O4S2. The number of benzene rings is 2. The average Bonchev–Trinajstić information content (AvgIpc) is 3.08. The van der Waals surface area contributed by atoms with Crippen LogP contribution in [0.2, 0.25) is 0 Å². The second-order valence-corrected chi connectivity index (χ2v) is 8.61. The molecule has 7 nitrogen and oxygen atoms in total. The monoisotopic (exact) mass is 403 g/mol. The lowest BCUT2D eigenvalue weighted by atomic mass is 10.1. The fraction of sp³-hybridized carbons (Fsp3) is 0.167. The second kappa shape index (κ2) is 7.93. The SMILES string of the molecule is CSc1ccc(Cc2nnc(NC(=O)c3ccccc3S(C)(=O)=O)o2)cc1. The van der Waals surface area contributed by atoms with Gasteiger partial charge in [-0.1, -0.05) is 29.4 Å². The second-order valence-electron chi connectivity index (χ2n) is 5.75. The molecule has 0 atom stereocenters. The topological polar surface area (TPSA) is 102 Å². The highest BCUT2D eigenvalue weighted by molar-refractivity contribution is 7.98. The summed E-state index contributed by atoms with van der Waals surface area (Å²) in [5.74, 6) is -0.283. The van der Waals surface area contributed by atoms with Gasteiger partial charge in [0, 0.05) is 11.2 Å². The van der Waals surface area contributed by atoms with E-state index in [1.165, 1.54) is 12.1 Å². The summed E-state index contributed by atoms with van der Waals surface area (Å²) < 4.78 is 29.1. The first-order valence-electron chi connectivity index (χ1n) is 7.92. The smallest absolute Gasteiger partial charge is 0.322 e. The standard InChI is InChI=1S/C18H17N3O4S2/c1-26-13-9-7-12(8-10-13)11-16-20-21-18(25-16)19-17(22)14-5-3-4-6-15(14)27(2,23)24/h3-10H,11H2,1-2H3,(H,19,21,22). The van der Waals surface area contributed by atoms with Crippen LogP contribution in [-0.4, -0.2) is 37.0 Å². The Morgan fingerprint density at radius 2 is 1.81 bits per heavy atom. The molecule has 0 saturated carbocycles. The first-order chi connectivity index (χ1) is 12.9. The number of thioether (sulfide) groups is 1. The van der Waals surface area contributed by atoms with Crippen LogP contribution in [0, 0.1) is 0 Å². The fourth-order valence-electron chi connectivity index (χ4n) is 2.44. The van der Waals surface area contributed by atoms with E-state index in [-0.39, 0.29) is 16.5 Å². The van der Waals surface area contributed by atoms with Crippen molar-refractivity contribution in [2.75, 3.05) is 17.8 Å². The van der Waals surface area contributed by atoms with Crippen LogP contribution < -0.4 is 5.32 Å². The van der Waals surface area contributed by atoms with Crippen LogP contribution >= 0.6 is 11.8 Å². The minimum absolute atomic E-state index is 0.0207. The molecule has 27 heavy (non-hydrogen) atoms. The van der Waals surface area contributed by atoms with Crippen LogP contribution in [0.1, 0.15) is 21.8 Å². The number of carbonyl (C=O) groups is 1. The number of hydrogen-bond acceptors (Lipinski definition) is 7. The Bertz CT molecular complexity index is 1060. The van der Waals surface area contributed by atoms with Gasteiger partial charge in [-0.25, -0.2) is 8.42 Å². The van der Waals surface area contributed by atoms with E-state index in [0.29, 0.717) is 12.3 Å². The van der Waals surface area contributed by atoms with Crippen LogP contribution in [0.3, 0.4) is 0 Å². The van der Waals surface area contributed by atoms with E-state index < -0.39 is 15.7 Å². The lowest BCUT2D eigenvalue weighted by Crippen LogP contribution is -2.16. The lowest BCUT2D eigenvalue weighted by molar-refractivity contribution is 0.102. The maximum atomic E-state index is 12.4. The zero-order valence-electron chi connectivity index (χ0n) is 14.7. The van der Waals surface area contributed by atoms with Crippen LogP contribution in [0.4, 0.5) is 6.01 Å². The molecule has 1 N–H and O–H groups in total. The molecule has 0 fully saturated rings. The molecule has 0 radical (unpaired) electrons. The Morgan fingerprint density at radius 3 is 2.48 bits per heavy atom. The molecule has 0 unspecified atom stereocenters. The molecule has 0 bridgehead atoms. The third-order valence-corrected chi connectivity index (χ3v) is 5.63. The first-order valence-corrected chi connectivity index (χ1v) is 11.0. The highest BCUT2D eigenvalue weighted by Gasteiger charge is 2.20. The van der Waals surface area contributed by atoms with E-state index in [0.717, 1.165) is 16.7 Å². The number of anilines is 1. The van der Waals surface area contributed by atoms with Gasteiger partial charge in [0.15, 0.2) is 9.84 Å². The van der Waals surface area contributed by atoms with Crippen molar-refractivity contribution < 1.29 is 17.6 Å². The zero-order chi connectivity index (χ0) is 19.4. The van der Waals surface area contributed by atoms with Crippen LogP contribution in [0.15, 0.2) is 62.7 Å². The van der Waals surface area contributed by atoms with Crippen molar-refractivity contribution in [2.45, 2.75) is 16.2 Å². The van der Waals surface area contributed by atoms with Crippen molar-refractivity contribution in [1.82, 2.24) is 10.2 Å². The van der Waals surface area contributed by atoms with Gasteiger partial charge < -0.3 is 4.42 Å². The minimum atomic E-state index is -3.54. The summed E-state index contributed by atoms with van der Waals surface area (Å²) in [4.78, 5) is 13.5. The highest BCUT2D eigenvalue weighted by Crippen LogP contribution is 2.19. The predicted molar refractivity (Wildman–Crippen MR) is 103 cm³/mol. The number of sulfone groups is 1. The van der Waals surface area contributed by atoms with Gasteiger partial charge in [-0.15, -0.1) is 16.9 Å². The number of aromatic nitrogens is 2. The molecule has 0 saturated heterocycles. The van der Waals surface area contributed by atoms with Gasteiger partial charge in [-0.3, -0.25) is 10.1 Å². The molecule has 3 rings (SSSR count). The quantitative estimate of drug-likeness (QED) is 0.631. The van der Waals surface area contributed by atoms with Gasteiger partial charge in [0.1, 0.15) is 0 Å². The molecular weight excluding hydrogens is 386 g/mol. The summed E-state index contributed by atoms with van der Waals surface area (Å²) in [6, 6.07) is 13.8. The number of nitrogens with zero attached hydrogens (tertiary/aromatic N) is 2. The normalized spacial score (nSPS) is 11.3. The Labute approximate surface area is 161 Å². The van der Waals surface area contributed by atoms with Crippen molar-refractivity contribution in [2.24, 2.45) is 0 Å². The molecule has 2 aromatic carbocycles. The van der Waals surface area contributed by atoms with Gasteiger partial charge >= 0.3 is 6.01 Å². The van der Waals surface area contributed by atoms with E-state index in [1.54, 1.807) is 23.9 Å². The molecule has 0 aliphatic rings. The summed E-state index contributed by atoms with van der Waals surface area (Å²) in [5.41, 5.74) is 1.02. The molecule has 1 heterocycles. The summed E-state index contributed by atoms with van der Waals surface area (Å²) in [6.45, 7) is 0. The Balaban J connectivity index is 1.73. The van der Waals surface area contributed by atoms with E-state index in [2.05, 4.69) is 15.5 Å². The van der Waals surface area contributed by atoms with Crippen molar-refractivity contribution >= 4 is 33.5 Å². The number of rotatable bonds is 6. The summed E-state index contributed by atoms with van der Waals surface area (Å²) >= 11 is 1.65. The number of carbonyl (C=O) groups excluding carboxylic acids is 1. The molecule has 0 aliphatic carbocycles. The molecule has 1 amide bonds. The van der Waals surface area contributed by atoms with Gasteiger partial charge in [-0.05, 0) is 36.1 Å². The minimum Gasteiger partial charge on any atom is -0.407 e. The van der Waals surface area contributed by atoms with Gasteiger partial charge in [0.05, 0.1) is 16.9 Å². The predicted octanol–water partition coefficient (Wildman–Crippen LogP) is 3.04. The van der Waals surface area contributed by atoms with Crippen molar-refractivity contribution in [1.29, 1.82) is 0 Å². The van der Waals surface area contributed by atoms with Crippen LogP contribution in [0.25, 0.3) is 0 Å². The van der Waals surface area contributed by atoms with Crippen molar-refractivity contribution in [3.05, 3.63) is 65.5 Å². The van der Waals surface area contributed by atoms with Crippen LogP contribution in [0.5, 0.6) is 0 Å². The molecule has 9 heteroatoms. The third-order valence-electron chi connectivity index (χ3n) is 3.73. The average molecular weight is 403 g/mol. The van der Waals surface area contributed by atoms with E-state index >= 15 is 0 Å².